The average molecular weight is 323 g/mol. The van der Waals surface area contributed by atoms with E-state index in [0.29, 0.717) is 5.89 Å². The maximum Gasteiger partial charge on any atom is 0.250 e. The molecule has 0 atom stereocenters. The fraction of sp³-hybridized carbons (Fsp3) is 0.0556. The molecule has 1 N–H and O–H groups in total. The molecule has 0 fully saturated rings. The van der Waals surface area contributed by atoms with Crippen LogP contribution < -0.4 is 5.32 Å². The van der Waals surface area contributed by atoms with Crippen LogP contribution in [0, 0.1) is 5.82 Å². The number of nitrogens with zero attached hydrogens (tertiary/aromatic N) is 2. The third-order valence-electron chi connectivity index (χ3n) is 3.17. The van der Waals surface area contributed by atoms with Crippen molar-refractivity contribution in [3.63, 3.8) is 0 Å². The number of hydrogen-bond acceptors (Lipinski definition) is 4. The number of anilines is 1. The van der Waals surface area contributed by atoms with Crippen LogP contribution in [0.25, 0.3) is 12.2 Å². The van der Waals surface area contributed by atoms with Crippen LogP contribution in [0.5, 0.6) is 0 Å². The van der Waals surface area contributed by atoms with Crippen LogP contribution >= 0.6 is 0 Å². The smallest absolute Gasteiger partial charge is 0.250 e. The number of carbonyl (C=O) groups excluding carboxylic acids is 1. The second kappa shape index (κ2) is 7.32. The summed E-state index contributed by atoms with van der Waals surface area (Å²) in [7, 11) is 0. The Labute approximate surface area is 137 Å². The fourth-order valence-electron chi connectivity index (χ4n) is 2.04. The van der Waals surface area contributed by atoms with Crippen molar-refractivity contribution in [1.29, 1.82) is 0 Å². The largest absolute Gasteiger partial charge is 0.335 e. The number of amides is 1. The third kappa shape index (κ3) is 4.13. The van der Waals surface area contributed by atoms with Crippen molar-refractivity contribution in [3.8, 4) is 0 Å². The van der Waals surface area contributed by atoms with Gasteiger partial charge >= 0.3 is 0 Å². The van der Waals surface area contributed by atoms with Crippen molar-refractivity contribution in [2.24, 2.45) is 0 Å². The molecule has 0 aliphatic rings. The highest BCUT2D eigenvalue weighted by Gasteiger charge is 2.11. The number of halogens is 1. The Balaban J connectivity index is 1.61. The van der Waals surface area contributed by atoms with E-state index in [1.54, 1.807) is 18.2 Å². The second-order valence-electron chi connectivity index (χ2n) is 5.00. The minimum atomic E-state index is -0.495. The molecule has 0 saturated heterocycles. The molecule has 0 aliphatic carbocycles. The van der Waals surface area contributed by atoms with Crippen LogP contribution in [0.15, 0.2) is 59.1 Å². The number of hydrogen-bond donors (Lipinski definition) is 1. The minimum absolute atomic E-state index is 0.100. The lowest BCUT2D eigenvalue weighted by atomic mass is 10.2. The average Bonchev–Trinajstić information content (AvgIpc) is 3.03. The van der Waals surface area contributed by atoms with E-state index in [2.05, 4.69) is 15.5 Å². The highest BCUT2D eigenvalue weighted by atomic mass is 19.1. The summed E-state index contributed by atoms with van der Waals surface area (Å²) in [5, 5.41) is 6.21. The summed E-state index contributed by atoms with van der Waals surface area (Å²) >= 11 is 0. The molecule has 0 bridgehead atoms. The van der Waals surface area contributed by atoms with Crippen molar-refractivity contribution in [1.82, 2.24) is 10.1 Å². The van der Waals surface area contributed by atoms with Gasteiger partial charge in [0.25, 0.3) is 5.89 Å². The lowest BCUT2D eigenvalue weighted by Crippen LogP contribution is -2.16. The minimum Gasteiger partial charge on any atom is -0.335 e. The van der Waals surface area contributed by atoms with E-state index in [9.17, 15) is 9.18 Å². The van der Waals surface area contributed by atoms with Gasteiger partial charge in [-0.05, 0) is 23.8 Å². The molecule has 6 heteroatoms. The molecule has 0 spiro atoms. The normalized spacial score (nSPS) is 10.9. The van der Waals surface area contributed by atoms with Crippen molar-refractivity contribution >= 4 is 23.7 Å². The van der Waals surface area contributed by atoms with Crippen LogP contribution in [-0.2, 0) is 11.2 Å². The fourth-order valence-corrected chi connectivity index (χ4v) is 2.04. The predicted octanol–water partition coefficient (Wildman–Crippen LogP) is 3.56. The summed E-state index contributed by atoms with van der Waals surface area (Å²) in [6.07, 6.45) is 3.40. The highest BCUT2D eigenvalue weighted by molar-refractivity contribution is 5.91. The number of rotatable bonds is 5. The molecule has 3 aromatic rings. The van der Waals surface area contributed by atoms with Gasteiger partial charge in [0.2, 0.25) is 5.91 Å². The van der Waals surface area contributed by atoms with Crippen molar-refractivity contribution in [3.05, 3.63) is 77.7 Å². The zero-order chi connectivity index (χ0) is 16.8. The van der Waals surface area contributed by atoms with Crippen LogP contribution in [0.4, 0.5) is 10.1 Å². The van der Waals surface area contributed by atoms with E-state index in [4.69, 9.17) is 4.52 Å². The Kier molecular flexibility index (Phi) is 4.76. The molecule has 120 valence electrons. The number of para-hydroxylation sites is 1. The van der Waals surface area contributed by atoms with E-state index < -0.39 is 11.7 Å². The van der Waals surface area contributed by atoms with Gasteiger partial charge in [-0.1, -0.05) is 47.6 Å². The maximum atomic E-state index is 13.5. The monoisotopic (exact) mass is 323 g/mol. The van der Waals surface area contributed by atoms with Crippen molar-refractivity contribution < 1.29 is 13.7 Å². The number of benzene rings is 2. The summed E-state index contributed by atoms with van der Waals surface area (Å²) < 4.78 is 18.5. The number of aromatic nitrogens is 2. The number of nitrogens with one attached hydrogen (secondary N) is 1. The van der Waals surface area contributed by atoms with Crippen LogP contribution in [0.3, 0.4) is 0 Å². The molecule has 0 saturated carbocycles. The molecule has 0 unspecified atom stereocenters. The highest BCUT2D eigenvalue weighted by Crippen LogP contribution is 2.13. The van der Waals surface area contributed by atoms with Gasteiger partial charge in [-0.15, -0.1) is 0 Å². The Morgan fingerprint density at radius 2 is 1.83 bits per heavy atom. The van der Waals surface area contributed by atoms with Crippen LogP contribution in [0.2, 0.25) is 0 Å². The summed E-state index contributed by atoms with van der Waals surface area (Å²) in [6.45, 7) is 0. The molecule has 1 aromatic heterocycles. The Morgan fingerprint density at radius 1 is 1.08 bits per heavy atom. The lowest BCUT2D eigenvalue weighted by molar-refractivity contribution is -0.115. The summed E-state index contributed by atoms with van der Waals surface area (Å²) in [4.78, 5) is 16.0. The molecular weight excluding hydrogens is 309 g/mol. The van der Waals surface area contributed by atoms with Gasteiger partial charge in [0.1, 0.15) is 5.82 Å². The van der Waals surface area contributed by atoms with Crippen molar-refractivity contribution in [2.75, 3.05) is 5.32 Å². The van der Waals surface area contributed by atoms with E-state index in [1.807, 2.05) is 36.4 Å². The molecule has 0 aliphatic heterocycles. The summed E-state index contributed by atoms with van der Waals surface area (Å²) in [5.74, 6) is -0.381. The van der Waals surface area contributed by atoms with Crippen LogP contribution in [-0.4, -0.2) is 16.0 Å². The molecule has 1 heterocycles. The van der Waals surface area contributed by atoms with Gasteiger partial charge in [0.15, 0.2) is 5.82 Å². The van der Waals surface area contributed by atoms with Crippen molar-refractivity contribution in [2.45, 2.75) is 6.42 Å². The van der Waals surface area contributed by atoms with Gasteiger partial charge in [-0.3, -0.25) is 4.79 Å². The zero-order valence-electron chi connectivity index (χ0n) is 12.6. The predicted molar refractivity (Wildman–Crippen MR) is 88.4 cm³/mol. The molecule has 24 heavy (non-hydrogen) atoms. The molecule has 2 aromatic carbocycles. The summed E-state index contributed by atoms with van der Waals surface area (Å²) in [5.41, 5.74) is 1.12. The summed E-state index contributed by atoms with van der Waals surface area (Å²) in [6, 6.07) is 15.6. The van der Waals surface area contributed by atoms with E-state index in [-0.39, 0.29) is 17.9 Å². The zero-order valence-corrected chi connectivity index (χ0v) is 12.6. The quantitative estimate of drug-likeness (QED) is 0.779. The van der Waals surface area contributed by atoms with Gasteiger partial charge in [0.05, 0.1) is 12.1 Å². The van der Waals surface area contributed by atoms with Gasteiger partial charge < -0.3 is 9.84 Å². The molecule has 5 nitrogen and oxygen atoms in total. The Hall–Kier alpha value is -3.28. The molecule has 0 radical (unpaired) electrons. The first-order chi connectivity index (χ1) is 11.7. The Bertz CT molecular complexity index is 859. The van der Waals surface area contributed by atoms with E-state index in [0.717, 1.165) is 5.56 Å². The molecular formula is C18H14FN3O2. The second-order valence-corrected chi connectivity index (χ2v) is 5.00. The van der Waals surface area contributed by atoms with E-state index in [1.165, 1.54) is 12.1 Å². The first-order valence-corrected chi connectivity index (χ1v) is 7.31. The lowest BCUT2D eigenvalue weighted by Gasteiger charge is -2.03. The van der Waals surface area contributed by atoms with Gasteiger partial charge in [-0.25, -0.2) is 4.39 Å². The standard InChI is InChI=1S/C18H14FN3O2/c19-14-8-4-5-9-15(14)20-17(23)12-16-21-18(24-22-16)11-10-13-6-2-1-3-7-13/h1-11H,12H2,(H,20,23)/b11-10+. The van der Waals surface area contributed by atoms with Gasteiger partial charge in [0, 0.05) is 6.08 Å². The maximum absolute atomic E-state index is 13.5. The molecule has 1 amide bonds. The topological polar surface area (TPSA) is 68.0 Å². The first-order valence-electron chi connectivity index (χ1n) is 7.31. The number of carbonyl (C=O) groups is 1. The van der Waals surface area contributed by atoms with Gasteiger partial charge in [-0.2, -0.15) is 4.98 Å². The molecule has 3 rings (SSSR count). The van der Waals surface area contributed by atoms with E-state index >= 15 is 0 Å². The SMILES string of the molecule is O=C(Cc1noc(/C=C/c2ccccc2)n1)Nc1ccccc1F. The Morgan fingerprint density at radius 3 is 2.62 bits per heavy atom. The third-order valence-corrected chi connectivity index (χ3v) is 3.17. The first kappa shape index (κ1) is 15.6. The van der Waals surface area contributed by atoms with Crippen LogP contribution in [0.1, 0.15) is 17.3 Å².